The van der Waals surface area contributed by atoms with E-state index in [1.807, 2.05) is 41.0 Å². The van der Waals surface area contributed by atoms with Crippen LogP contribution in [0.4, 0.5) is 5.95 Å². The monoisotopic (exact) mass is 473 g/mol. The molecular formula is C18H12Cl2CuN8. The minimum Gasteiger partial charge on any atom is -0.327 e. The predicted molar refractivity (Wildman–Crippen MR) is 110 cm³/mol. The molecule has 2 aliphatic heterocycles. The first kappa shape index (κ1) is 19.7. The molecule has 3 aromatic heterocycles. The molecule has 0 saturated heterocycles. The molecule has 0 fully saturated rings. The smallest absolute Gasteiger partial charge is 0.255 e. The second-order valence-corrected chi connectivity index (χ2v) is 6.55. The molecule has 0 saturated carbocycles. The molecule has 1 radical (unpaired) electrons. The Kier molecular flexibility index (Phi) is 5.47. The summed E-state index contributed by atoms with van der Waals surface area (Å²) in [6.07, 6.45) is 5.48. The van der Waals surface area contributed by atoms with Crippen molar-refractivity contribution in [3.8, 4) is 0 Å². The van der Waals surface area contributed by atoms with E-state index in [0.29, 0.717) is 23.1 Å². The van der Waals surface area contributed by atoms with Gasteiger partial charge in [0.2, 0.25) is 0 Å². The summed E-state index contributed by atoms with van der Waals surface area (Å²) in [5.41, 5.74) is 4.62. The molecule has 149 valence electrons. The van der Waals surface area contributed by atoms with Crippen molar-refractivity contribution >= 4 is 70.0 Å². The standard InChI is InChI=1S/C18H12Cl2N8.Cu/c19-9-27-14-3-4-15(27)6-13-8-21-17(23-13)24-18-26-25-16(28(18)10-20)7-12-2-1-11(5-14)22-12;/h1-8H,9-10H2;. The summed E-state index contributed by atoms with van der Waals surface area (Å²) >= 11 is 12.3. The Hall–Kier alpha value is -2.58. The van der Waals surface area contributed by atoms with Gasteiger partial charge in [0, 0.05) is 34.2 Å². The molecule has 3 aromatic rings. The normalized spacial score (nSPS) is 12.2. The summed E-state index contributed by atoms with van der Waals surface area (Å²) in [5, 5.41) is 8.25. The third kappa shape index (κ3) is 3.70. The van der Waals surface area contributed by atoms with Crippen LogP contribution >= 0.6 is 23.2 Å². The van der Waals surface area contributed by atoms with Crippen LogP contribution in [0.1, 0.15) is 17.1 Å². The molecule has 0 aromatic carbocycles. The zero-order valence-corrected chi connectivity index (χ0v) is 17.1. The molecular weight excluding hydrogens is 463 g/mol. The van der Waals surface area contributed by atoms with Gasteiger partial charge in [-0.25, -0.2) is 15.0 Å². The minimum atomic E-state index is 0. The SMILES string of the molecule is ClCn1c2ccc1cc1nc(nc3nnc(cc4nc(c2)C=C4)n3CCl)N=C1.[Cu]. The van der Waals surface area contributed by atoms with Gasteiger partial charge in [-0.1, -0.05) is 0 Å². The van der Waals surface area contributed by atoms with Crippen LogP contribution in [0.5, 0.6) is 0 Å². The molecule has 0 spiro atoms. The Balaban J connectivity index is 0.00000205. The maximum Gasteiger partial charge on any atom is 0.255 e. The van der Waals surface area contributed by atoms with Crippen molar-refractivity contribution < 1.29 is 17.1 Å². The van der Waals surface area contributed by atoms with E-state index in [9.17, 15) is 0 Å². The Bertz CT molecular complexity index is 1120. The van der Waals surface area contributed by atoms with Crippen molar-refractivity contribution in [3.05, 3.63) is 47.4 Å². The first-order valence-electron chi connectivity index (χ1n) is 8.37. The first-order valence-corrected chi connectivity index (χ1v) is 9.44. The second-order valence-electron chi connectivity index (χ2n) is 6.07. The molecule has 0 N–H and O–H groups in total. The van der Waals surface area contributed by atoms with E-state index in [-0.39, 0.29) is 29.0 Å². The van der Waals surface area contributed by atoms with Crippen molar-refractivity contribution in [1.82, 2.24) is 34.3 Å². The molecule has 0 amide bonds. The van der Waals surface area contributed by atoms with Gasteiger partial charge in [0.25, 0.3) is 11.7 Å². The number of rotatable bonds is 2. The molecule has 11 heteroatoms. The summed E-state index contributed by atoms with van der Waals surface area (Å²) in [6, 6.07) is 10.1. The molecule has 29 heavy (non-hydrogen) atoms. The topological polar surface area (TPSA) is 86.7 Å². The third-order valence-electron chi connectivity index (χ3n) is 4.34. The molecule has 8 bridgehead atoms. The molecule has 5 heterocycles. The summed E-state index contributed by atoms with van der Waals surface area (Å²) in [4.78, 5) is 17.6. The van der Waals surface area contributed by atoms with Crippen LogP contribution in [0.2, 0.25) is 0 Å². The van der Waals surface area contributed by atoms with Crippen molar-refractivity contribution in [1.29, 1.82) is 0 Å². The number of alkyl halides is 2. The summed E-state index contributed by atoms with van der Waals surface area (Å²) in [7, 11) is 0. The number of halogens is 2. The zero-order chi connectivity index (χ0) is 19.1. The maximum atomic E-state index is 6.18. The number of fused-ring (bicyclic) bond motifs is 8. The van der Waals surface area contributed by atoms with Crippen LogP contribution in [0.25, 0.3) is 34.6 Å². The Labute approximate surface area is 185 Å². The number of aliphatic imine (C=N–C) groups is 1. The summed E-state index contributed by atoms with van der Waals surface area (Å²) < 4.78 is 3.62. The van der Waals surface area contributed by atoms with Gasteiger partial charge >= 0.3 is 0 Å². The quantitative estimate of drug-likeness (QED) is 0.287. The van der Waals surface area contributed by atoms with Crippen molar-refractivity contribution in [2.45, 2.75) is 12.0 Å². The van der Waals surface area contributed by atoms with Gasteiger partial charge in [0.05, 0.1) is 29.3 Å². The number of aromatic nitrogens is 7. The Morgan fingerprint density at radius 2 is 1.45 bits per heavy atom. The fourth-order valence-corrected chi connectivity index (χ4v) is 3.51. The van der Waals surface area contributed by atoms with E-state index >= 15 is 0 Å². The predicted octanol–water partition coefficient (Wildman–Crippen LogP) is 3.76. The largest absolute Gasteiger partial charge is 0.327 e. The second kappa shape index (κ2) is 8.04. The van der Waals surface area contributed by atoms with Gasteiger partial charge in [0.1, 0.15) is 6.00 Å². The van der Waals surface area contributed by atoms with Gasteiger partial charge in [-0.15, -0.1) is 33.4 Å². The average Bonchev–Trinajstić information content (AvgIpc) is 3.46. The van der Waals surface area contributed by atoms with E-state index in [1.165, 1.54) is 0 Å². The number of hydrogen-bond donors (Lipinski definition) is 0. The van der Waals surface area contributed by atoms with Crippen LogP contribution in [0, 0.1) is 0 Å². The van der Waals surface area contributed by atoms with Gasteiger partial charge in [-0.05, 0) is 36.4 Å². The first-order chi connectivity index (χ1) is 13.7. The van der Waals surface area contributed by atoms with Crippen molar-refractivity contribution in [2.24, 2.45) is 4.99 Å². The van der Waals surface area contributed by atoms with Crippen molar-refractivity contribution in [3.63, 3.8) is 0 Å². The summed E-state index contributed by atoms with van der Waals surface area (Å²) in [5.74, 6) is 0.614. The molecule has 0 atom stereocenters. The Morgan fingerprint density at radius 3 is 2.17 bits per heavy atom. The molecule has 2 aliphatic rings. The van der Waals surface area contributed by atoms with Gasteiger partial charge in [0.15, 0.2) is 5.65 Å². The van der Waals surface area contributed by atoms with E-state index in [4.69, 9.17) is 23.2 Å². The molecule has 8 nitrogen and oxygen atoms in total. The van der Waals surface area contributed by atoms with Crippen LogP contribution in [-0.4, -0.2) is 40.5 Å². The van der Waals surface area contributed by atoms with E-state index in [0.717, 1.165) is 22.4 Å². The van der Waals surface area contributed by atoms with Gasteiger partial charge in [-0.3, -0.25) is 4.57 Å². The van der Waals surface area contributed by atoms with E-state index in [1.54, 1.807) is 16.8 Å². The van der Waals surface area contributed by atoms with Crippen molar-refractivity contribution in [2.75, 3.05) is 0 Å². The maximum absolute atomic E-state index is 6.18. The fourth-order valence-electron chi connectivity index (χ4n) is 3.00. The average molecular weight is 475 g/mol. The fraction of sp³-hybridized carbons (Fsp3) is 0.111. The van der Waals surface area contributed by atoms with Gasteiger partial charge in [-0.2, -0.15) is 4.98 Å². The van der Waals surface area contributed by atoms with Gasteiger partial charge < -0.3 is 4.57 Å². The van der Waals surface area contributed by atoms with Crippen LogP contribution in [-0.2, 0) is 29.1 Å². The summed E-state index contributed by atoms with van der Waals surface area (Å²) in [6.45, 7) is 0. The van der Waals surface area contributed by atoms with E-state index in [2.05, 4.69) is 30.1 Å². The number of nitrogens with zero attached hydrogens (tertiary/aromatic N) is 8. The molecule has 0 aliphatic carbocycles. The zero-order valence-electron chi connectivity index (χ0n) is 14.7. The van der Waals surface area contributed by atoms with Crippen LogP contribution in [0.3, 0.4) is 0 Å². The third-order valence-corrected chi connectivity index (χ3v) is 4.82. The van der Waals surface area contributed by atoms with Crippen LogP contribution in [0.15, 0.2) is 35.3 Å². The molecule has 0 unspecified atom stereocenters. The van der Waals surface area contributed by atoms with E-state index < -0.39 is 0 Å². The number of hydrogen-bond acceptors (Lipinski definition) is 6. The van der Waals surface area contributed by atoms with Crippen LogP contribution < -0.4 is 0 Å². The Morgan fingerprint density at radius 1 is 0.759 bits per heavy atom. The molecule has 5 rings (SSSR count). The minimum absolute atomic E-state index is 0.